The number of carbonyl (C=O) groups excluding carboxylic acids is 1. The standard InChI is InChI=1S/C15H20O6S/c1-11-6-3-4-8-14(11)22(17,18)21-12(2)15(16)20-10-13-7-5-9-19-13/h3-4,6,8,12-13H,5,7,9-10H2,1-2H3/t12?,13-/m0/s1. The Balaban J connectivity index is 1.93. The number of hydrogen-bond donors (Lipinski definition) is 0. The lowest BCUT2D eigenvalue weighted by atomic mass is 10.2. The summed E-state index contributed by atoms with van der Waals surface area (Å²) >= 11 is 0. The third kappa shape index (κ3) is 4.28. The Morgan fingerprint density at radius 3 is 2.77 bits per heavy atom. The van der Waals surface area contributed by atoms with Crippen molar-refractivity contribution < 1.29 is 26.9 Å². The maximum absolute atomic E-state index is 12.2. The van der Waals surface area contributed by atoms with Gasteiger partial charge in [0.25, 0.3) is 10.1 Å². The van der Waals surface area contributed by atoms with Crippen LogP contribution < -0.4 is 0 Å². The molecule has 0 amide bonds. The molecule has 1 aliphatic heterocycles. The maximum Gasteiger partial charge on any atom is 0.336 e. The van der Waals surface area contributed by atoms with Gasteiger partial charge in [-0.3, -0.25) is 4.18 Å². The average Bonchev–Trinajstić information content (AvgIpc) is 2.97. The normalized spacial score (nSPS) is 19.8. The van der Waals surface area contributed by atoms with E-state index in [-0.39, 0.29) is 17.6 Å². The molecule has 6 nitrogen and oxygen atoms in total. The minimum Gasteiger partial charge on any atom is -0.461 e. The van der Waals surface area contributed by atoms with E-state index in [1.807, 2.05) is 0 Å². The van der Waals surface area contributed by atoms with Crippen LogP contribution in [0.3, 0.4) is 0 Å². The van der Waals surface area contributed by atoms with Gasteiger partial charge in [-0.25, -0.2) is 4.79 Å². The summed E-state index contributed by atoms with van der Waals surface area (Å²) in [6.45, 7) is 3.80. The highest BCUT2D eigenvalue weighted by atomic mass is 32.2. The fraction of sp³-hybridized carbons (Fsp3) is 0.533. The molecule has 122 valence electrons. The Bertz CT molecular complexity index is 619. The molecule has 0 radical (unpaired) electrons. The molecule has 0 aliphatic carbocycles. The molecule has 1 heterocycles. The highest BCUT2D eigenvalue weighted by molar-refractivity contribution is 7.86. The van der Waals surface area contributed by atoms with Crippen molar-refractivity contribution >= 4 is 16.1 Å². The molecule has 1 aliphatic rings. The predicted molar refractivity (Wildman–Crippen MR) is 78.8 cm³/mol. The van der Waals surface area contributed by atoms with Gasteiger partial charge in [0.15, 0.2) is 6.10 Å². The van der Waals surface area contributed by atoms with Gasteiger partial charge < -0.3 is 9.47 Å². The molecule has 2 rings (SSSR count). The van der Waals surface area contributed by atoms with E-state index < -0.39 is 22.2 Å². The minimum absolute atomic E-state index is 0.0498. The molecule has 2 atom stereocenters. The molecule has 0 bridgehead atoms. The predicted octanol–water partition coefficient (Wildman–Crippen LogP) is 1.81. The van der Waals surface area contributed by atoms with Gasteiger partial charge in [0.05, 0.1) is 11.0 Å². The first-order valence-corrected chi connectivity index (χ1v) is 8.58. The van der Waals surface area contributed by atoms with Crippen molar-refractivity contribution in [1.29, 1.82) is 0 Å². The second-order valence-electron chi connectivity index (χ2n) is 5.22. The number of ether oxygens (including phenoxy) is 2. The summed E-state index contributed by atoms with van der Waals surface area (Å²) in [7, 11) is -4.00. The van der Waals surface area contributed by atoms with E-state index in [0.29, 0.717) is 12.2 Å². The number of hydrogen-bond acceptors (Lipinski definition) is 6. The van der Waals surface area contributed by atoms with Gasteiger partial charge in [0, 0.05) is 6.61 Å². The molecule has 1 aromatic carbocycles. The second kappa shape index (κ2) is 7.21. The fourth-order valence-electron chi connectivity index (χ4n) is 2.19. The van der Waals surface area contributed by atoms with Crippen LogP contribution in [0.25, 0.3) is 0 Å². The van der Waals surface area contributed by atoms with Crippen molar-refractivity contribution in [2.75, 3.05) is 13.2 Å². The van der Waals surface area contributed by atoms with E-state index >= 15 is 0 Å². The number of benzene rings is 1. The molecule has 1 saturated heterocycles. The van der Waals surface area contributed by atoms with E-state index in [1.165, 1.54) is 13.0 Å². The molecule has 1 fully saturated rings. The van der Waals surface area contributed by atoms with Crippen LogP contribution in [-0.2, 0) is 28.6 Å². The first kappa shape index (κ1) is 16.9. The average molecular weight is 328 g/mol. The van der Waals surface area contributed by atoms with E-state index in [1.54, 1.807) is 25.1 Å². The lowest BCUT2D eigenvalue weighted by Crippen LogP contribution is -2.29. The van der Waals surface area contributed by atoms with Crippen LogP contribution in [0.1, 0.15) is 25.3 Å². The maximum atomic E-state index is 12.2. The van der Waals surface area contributed by atoms with Crippen LogP contribution >= 0.6 is 0 Å². The highest BCUT2D eigenvalue weighted by Crippen LogP contribution is 2.19. The summed E-state index contributed by atoms with van der Waals surface area (Å²) in [5.41, 5.74) is 0.558. The summed E-state index contributed by atoms with van der Waals surface area (Å²) in [5, 5.41) is 0. The summed E-state index contributed by atoms with van der Waals surface area (Å²) in [6, 6.07) is 6.43. The van der Waals surface area contributed by atoms with Crippen LogP contribution in [0.2, 0.25) is 0 Å². The van der Waals surface area contributed by atoms with E-state index in [0.717, 1.165) is 12.8 Å². The SMILES string of the molecule is Cc1ccccc1S(=O)(=O)OC(C)C(=O)OC[C@@H]1CCCO1. The summed E-state index contributed by atoms with van der Waals surface area (Å²) in [5.74, 6) is -0.715. The lowest BCUT2D eigenvalue weighted by Gasteiger charge is -2.15. The minimum atomic E-state index is -4.00. The van der Waals surface area contributed by atoms with Gasteiger partial charge >= 0.3 is 5.97 Å². The molecule has 0 spiro atoms. The molecular weight excluding hydrogens is 308 g/mol. The van der Waals surface area contributed by atoms with Gasteiger partial charge in [-0.1, -0.05) is 18.2 Å². The topological polar surface area (TPSA) is 78.9 Å². The number of rotatable bonds is 6. The Hall–Kier alpha value is -1.44. The lowest BCUT2D eigenvalue weighted by molar-refractivity contribution is -0.154. The summed E-state index contributed by atoms with van der Waals surface area (Å²) in [4.78, 5) is 11.9. The number of esters is 1. The Morgan fingerprint density at radius 2 is 2.14 bits per heavy atom. The van der Waals surface area contributed by atoms with Crippen molar-refractivity contribution in [3.05, 3.63) is 29.8 Å². The first-order valence-electron chi connectivity index (χ1n) is 7.17. The van der Waals surface area contributed by atoms with E-state index in [2.05, 4.69) is 0 Å². The molecule has 0 aromatic heterocycles. The smallest absolute Gasteiger partial charge is 0.336 e. The van der Waals surface area contributed by atoms with Crippen LogP contribution in [-0.4, -0.2) is 39.8 Å². The zero-order valence-corrected chi connectivity index (χ0v) is 13.5. The van der Waals surface area contributed by atoms with Gasteiger partial charge in [0.1, 0.15) is 6.61 Å². The van der Waals surface area contributed by atoms with Crippen molar-refractivity contribution in [3.63, 3.8) is 0 Å². The molecule has 0 N–H and O–H groups in total. The Kier molecular flexibility index (Phi) is 5.55. The van der Waals surface area contributed by atoms with Crippen molar-refractivity contribution in [2.45, 2.75) is 43.8 Å². The largest absolute Gasteiger partial charge is 0.461 e. The zero-order valence-electron chi connectivity index (χ0n) is 12.7. The third-order valence-corrected chi connectivity index (χ3v) is 4.94. The van der Waals surface area contributed by atoms with Crippen molar-refractivity contribution in [3.8, 4) is 0 Å². The number of aryl methyl sites for hydroxylation is 1. The van der Waals surface area contributed by atoms with Crippen LogP contribution in [0, 0.1) is 6.92 Å². The summed E-state index contributed by atoms with van der Waals surface area (Å²) < 4.78 is 39.7. The van der Waals surface area contributed by atoms with E-state index in [4.69, 9.17) is 13.7 Å². The third-order valence-electron chi connectivity index (χ3n) is 3.40. The molecular formula is C15H20O6S. The quantitative estimate of drug-likeness (QED) is 0.585. The van der Waals surface area contributed by atoms with Crippen molar-refractivity contribution in [1.82, 2.24) is 0 Å². The zero-order chi connectivity index (χ0) is 16.2. The van der Waals surface area contributed by atoms with E-state index in [9.17, 15) is 13.2 Å². The van der Waals surface area contributed by atoms with Gasteiger partial charge in [-0.2, -0.15) is 8.42 Å². The number of carbonyl (C=O) groups is 1. The Morgan fingerprint density at radius 1 is 1.41 bits per heavy atom. The Labute approximate surface area is 130 Å². The highest BCUT2D eigenvalue weighted by Gasteiger charge is 2.27. The van der Waals surface area contributed by atoms with Gasteiger partial charge in [0.2, 0.25) is 0 Å². The monoisotopic (exact) mass is 328 g/mol. The second-order valence-corrected chi connectivity index (χ2v) is 6.76. The molecule has 1 unspecified atom stereocenters. The van der Waals surface area contributed by atoms with Crippen molar-refractivity contribution in [2.24, 2.45) is 0 Å². The first-order chi connectivity index (χ1) is 10.4. The van der Waals surface area contributed by atoms with Gasteiger partial charge in [-0.15, -0.1) is 0 Å². The van der Waals surface area contributed by atoms with Crippen LogP contribution in [0.4, 0.5) is 0 Å². The van der Waals surface area contributed by atoms with Crippen LogP contribution in [0.5, 0.6) is 0 Å². The molecule has 1 aromatic rings. The molecule has 22 heavy (non-hydrogen) atoms. The molecule has 0 saturated carbocycles. The molecule has 7 heteroatoms. The van der Waals surface area contributed by atoms with Crippen LogP contribution in [0.15, 0.2) is 29.2 Å². The summed E-state index contributed by atoms with van der Waals surface area (Å²) in [6.07, 6.45) is 0.468. The van der Waals surface area contributed by atoms with Gasteiger partial charge in [-0.05, 0) is 38.3 Å². The fourth-order valence-corrected chi connectivity index (χ4v) is 3.46.